The normalized spacial score (nSPS) is 27.2. The average molecular weight is 380 g/mol. The molecular formula is C20H30ClN3O2. The van der Waals surface area contributed by atoms with Crippen LogP contribution in [0.1, 0.15) is 65.0 Å². The van der Waals surface area contributed by atoms with Gasteiger partial charge in [0, 0.05) is 17.5 Å². The van der Waals surface area contributed by atoms with Gasteiger partial charge in [0.2, 0.25) is 5.91 Å². The Balaban J connectivity index is 2.49. The SMILES string of the molecule is CCC(CC)N1C(=O)[C@@](C)(C/C(N)=N/O)CC(C)C1c1ccc(Cl)cc1. The van der Waals surface area contributed by atoms with Crippen LogP contribution in [0.2, 0.25) is 5.02 Å². The highest BCUT2D eigenvalue weighted by atomic mass is 35.5. The number of hydrogen-bond acceptors (Lipinski definition) is 3. The van der Waals surface area contributed by atoms with Gasteiger partial charge in [-0.3, -0.25) is 4.79 Å². The molecule has 2 rings (SSSR count). The van der Waals surface area contributed by atoms with Crippen molar-refractivity contribution in [3.05, 3.63) is 34.9 Å². The van der Waals surface area contributed by atoms with Gasteiger partial charge in [0.1, 0.15) is 5.84 Å². The molecule has 1 aliphatic heterocycles. The summed E-state index contributed by atoms with van der Waals surface area (Å²) in [5.74, 6) is 0.421. The Bertz CT molecular complexity index is 658. The maximum atomic E-state index is 13.6. The number of carbonyl (C=O) groups excluding carboxylic acids is 1. The molecule has 0 aromatic heterocycles. The van der Waals surface area contributed by atoms with Crippen molar-refractivity contribution in [2.24, 2.45) is 22.2 Å². The minimum absolute atomic E-state index is 0.00466. The summed E-state index contributed by atoms with van der Waals surface area (Å²) in [6.07, 6.45) is 2.72. The molecule has 1 fully saturated rings. The zero-order valence-corrected chi connectivity index (χ0v) is 16.8. The molecule has 26 heavy (non-hydrogen) atoms. The van der Waals surface area contributed by atoms with Gasteiger partial charge >= 0.3 is 0 Å². The Hall–Kier alpha value is -1.75. The molecule has 2 unspecified atom stereocenters. The van der Waals surface area contributed by atoms with Crippen LogP contribution in [0.25, 0.3) is 0 Å². The third-order valence-corrected chi connectivity index (χ3v) is 5.86. The highest BCUT2D eigenvalue weighted by Crippen LogP contribution is 2.47. The molecule has 1 amide bonds. The fourth-order valence-corrected chi connectivity index (χ4v) is 4.55. The average Bonchev–Trinajstić information content (AvgIpc) is 2.61. The summed E-state index contributed by atoms with van der Waals surface area (Å²) in [5.41, 5.74) is 6.20. The standard InChI is InChI=1S/C20H30ClN3O2/c1-5-16(6-2)24-18(14-7-9-15(21)10-8-14)13(3)11-20(4,19(24)25)12-17(22)23-26/h7-10,13,16,18,26H,5-6,11-12H2,1-4H3,(H2,22,23)/t13?,18?,20-/m1/s1. The quantitative estimate of drug-likeness (QED) is 0.328. The van der Waals surface area contributed by atoms with E-state index >= 15 is 0 Å². The molecule has 6 heteroatoms. The smallest absolute Gasteiger partial charge is 0.229 e. The first-order valence-electron chi connectivity index (χ1n) is 9.32. The van der Waals surface area contributed by atoms with E-state index in [1.54, 1.807) is 0 Å². The maximum Gasteiger partial charge on any atom is 0.229 e. The maximum absolute atomic E-state index is 13.6. The van der Waals surface area contributed by atoms with Gasteiger partial charge in [0.05, 0.1) is 11.5 Å². The third kappa shape index (κ3) is 3.98. The summed E-state index contributed by atoms with van der Waals surface area (Å²) in [6.45, 7) is 8.32. The second-order valence-corrected chi connectivity index (χ2v) is 8.13. The van der Waals surface area contributed by atoms with Gasteiger partial charge in [-0.2, -0.15) is 0 Å². The first-order chi connectivity index (χ1) is 12.3. The summed E-state index contributed by atoms with van der Waals surface area (Å²) in [6, 6.07) is 7.94. The van der Waals surface area contributed by atoms with E-state index in [0.717, 1.165) is 18.4 Å². The minimum Gasteiger partial charge on any atom is -0.409 e. The van der Waals surface area contributed by atoms with E-state index in [1.807, 2.05) is 36.1 Å². The number of likely N-dealkylation sites (tertiary alicyclic amines) is 1. The molecule has 3 atom stereocenters. The third-order valence-electron chi connectivity index (χ3n) is 5.61. The molecule has 0 aliphatic carbocycles. The molecule has 0 spiro atoms. The molecule has 1 saturated heterocycles. The Morgan fingerprint density at radius 2 is 1.96 bits per heavy atom. The van der Waals surface area contributed by atoms with Gasteiger partial charge < -0.3 is 15.8 Å². The number of piperidine rings is 1. The number of rotatable bonds is 6. The van der Waals surface area contributed by atoms with Crippen molar-refractivity contribution < 1.29 is 10.0 Å². The van der Waals surface area contributed by atoms with E-state index in [1.165, 1.54) is 0 Å². The lowest BCUT2D eigenvalue weighted by atomic mass is 9.69. The topological polar surface area (TPSA) is 78.9 Å². The van der Waals surface area contributed by atoms with E-state index in [-0.39, 0.29) is 36.2 Å². The highest BCUT2D eigenvalue weighted by Gasteiger charge is 2.49. The second kappa shape index (κ2) is 8.30. The number of carbonyl (C=O) groups is 1. The Labute approximate surface area is 161 Å². The van der Waals surface area contributed by atoms with Crippen LogP contribution < -0.4 is 5.73 Å². The molecule has 1 aliphatic rings. The van der Waals surface area contributed by atoms with Crippen molar-refractivity contribution >= 4 is 23.3 Å². The fourth-order valence-electron chi connectivity index (χ4n) is 4.43. The fraction of sp³-hybridized carbons (Fsp3) is 0.600. The highest BCUT2D eigenvalue weighted by molar-refractivity contribution is 6.30. The van der Waals surface area contributed by atoms with Crippen LogP contribution in [-0.2, 0) is 4.79 Å². The van der Waals surface area contributed by atoms with Gasteiger partial charge in [-0.15, -0.1) is 0 Å². The van der Waals surface area contributed by atoms with E-state index in [4.69, 9.17) is 22.5 Å². The lowest BCUT2D eigenvalue weighted by molar-refractivity contribution is -0.156. The first-order valence-corrected chi connectivity index (χ1v) is 9.69. The lowest BCUT2D eigenvalue weighted by Crippen LogP contribution is -2.56. The largest absolute Gasteiger partial charge is 0.409 e. The molecular weight excluding hydrogens is 350 g/mol. The van der Waals surface area contributed by atoms with Crippen molar-refractivity contribution in [2.75, 3.05) is 0 Å². The molecule has 0 saturated carbocycles. The molecule has 0 radical (unpaired) electrons. The van der Waals surface area contributed by atoms with E-state index in [2.05, 4.69) is 25.9 Å². The molecule has 1 heterocycles. The summed E-state index contributed by atoms with van der Waals surface area (Å²) >= 11 is 6.06. The van der Waals surface area contributed by atoms with Crippen LogP contribution in [0, 0.1) is 11.3 Å². The zero-order chi connectivity index (χ0) is 19.5. The number of amides is 1. The van der Waals surface area contributed by atoms with E-state index in [9.17, 15) is 4.79 Å². The van der Waals surface area contributed by atoms with Crippen LogP contribution in [0.3, 0.4) is 0 Å². The van der Waals surface area contributed by atoms with Crippen LogP contribution in [0.15, 0.2) is 29.4 Å². The Kier molecular flexibility index (Phi) is 6.56. The lowest BCUT2D eigenvalue weighted by Gasteiger charge is -2.51. The summed E-state index contributed by atoms with van der Waals surface area (Å²) in [5, 5.41) is 12.8. The minimum atomic E-state index is -0.665. The zero-order valence-electron chi connectivity index (χ0n) is 16.1. The molecule has 0 bridgehead atoms. The monoisotopic (exact) mass is 379 g/mol. The van der Waals surface area contributed by atoms with Crippen LogP contribution >= 0.6 is 11.6 Å². The molecule has 144 valence electrons. The predicted molar refractivity (Wildman–Crippen MR) is 105 cm³/mol. The van der Waals surface area contributed by atoms with Gasteiger partial charge in [0.25, 0.3) is 0 Å². The van der Waals surface area contributed by atoms with Crippen molar-refractivity contribution in [2.45, 2.75) is 65.5 Å². The number of oxime groups is 1. The molecule has 1 aromatic rings. The molecule has 5 nitrogen and oxygen atoms in total. The van der Waals surface area contributed by atoms with Crippen LogP contribution in [0.4, 0.5) is 0 Å². The van der Waals surface area contributed by atoms with E-state index in [0.29, 0.717) is 11.4 Å². The molecule has 1 aromatic carbocycles. The number of nitrogens with zero attached hydrogens (tertiary/aromatic N) is 2. The number of amidine groups is 1. The van der Waals surface area contributed by atoms with Crippen molar-refractivity contribution in [3.8, 4) is 0 Å². The summed E-state index contributed by atoms with van der Waals surface area (Å²) in [7, 11) is 0. The van der Waals surface area contributed by atoms with Crippen molar-refractivity contribution in [1.29, 1.82) is 0 Å². The van der Waals surface area contributed by atoms with Crippen molar-refractivity contribution in [3.63, 3.8) is 0 Å². The second-order valence-electron chi connectivity index (χ2n) is 7.69. The number of halogens is 1. The number of nitrogens with two attached hydrogens (primary N) is 1. The summed E-state index contributed by atoms with van der Waals surface area (Å²) in [4.78, 5) is 15.6. The van der Waals surface area contributed by atoms with E-state index < -0.39 is 5.41 Å². The van der Waals surface area contributed by atoms with Gasteiger partial charge in [0.15, 0.2) is 0 Å². The van der Waals surface area contributed by atoms with Crippen LogP contribution in [0.5, 0.6) is 0 Å². The summed E-state index contributed by atoms with van der Waals surface area (Å²) < 4.78 is 0. The Morgan fingerprint density at radius 3 is 2.46 bits per heavy atom. The molecule has 3 N–H and O–H groups in total. The van der Waals surface area contributed by atoms with Gasteiger partial charge in [-0.05, 0) is 42.9 Å². The predicted octanol–water partition coefficient (Wildman–Crippen LogP) is 4.58. The van der Waals surface area contributed by atoms with Crippen LogP contribution in [-0.4, -0.2) is 27.9 Å². The van der Waals surface area contributed by atoms with Crippen molar-refractivity contribution in [1.82, 2.24) is 4.90 Å². The van der Waals surface area contributed by atoms with Gasteiger partial charge in [-0.25, -0.2) is 0 Å². The first kappa shape index (κ1) is 20.6. The number of benzene rings is 1. The Morgan fingerprint density at radius 1 is 1.38 bits per heavy atom. The van der Waals surface area contributed by atoms with Gasteiger partial charge in [-0.1, -0.05) is 56.6 Å². The number of hydrogen-bond donors (Lipinski definition) is 2.